The number of H-pyrrole nitrogens is 3. The first-order valence-electron chi connectivity index (χ1n) is 9.64. The van der Waals surface area contributed by atoms with Crippen molar-refractivity contribution in [3.63, 3.8) is 0 Å². The number of benzene rings is 1. The Kier molecular flexibility index (Phi) is 5.76. The number of nitrogens with zero attached hydrogens (tertiary/aromatic N) is 3. The first-order chi connectivity index (χ1) is 16.1. The number of aromatic amines is 3. The molecule has 3 heterocycles. The fourth-order valence-corrected chi connectivity index (χ4v) is 3.75. The largest absolute Gasteiger partial charge is 0.360 e. The zero-order chi connectivity index (χ0) is 24.6. The molecular formula is C20H14ClF2N7O4. The average molecular weight is 490 g/mol. The molecule has 0 unspecified atom stereocenters. The van der Waals surface area contributed by atoms with Crippen molar-refractivity contribution in [1.29, 1.82) is 5.26 Å². The highest BCUT2D eigenvalue weighted by atomic mass is 35.5. The van der Waals surface area contributed by atoms with E-state index in [1.54, 1.807) is 0 Å². The first kappa shape index (κ1) is 22.9. The van der Waals surface area contributed by atoms with Gasteiger partial charge in [-0.3, -0.25) is 19.4 Å². The van der Waals surface area contributed by atoms with Gasteiger partial charge in [-0.2, -0.15) is 10.4 Å². The maximum Gasteiger partial charge on any atom is 0.325 e. The van der Waals surface area contributed by atoms with Crippen molar-refractivity contribution in [3.8, 4) is 17.3 Å². The van der Waals surface area contributed by atoms with E-state index in [2.05, 4.69) is 20.5 Å². The highest BCUT2D eigenvalue weighted by Gasteiger charge is 2.52. The van der Waals surface area contributed by atoms with Crippen molar-refractivity contribution in [3.05, 3.63) is 72.2 Å². The van der Waals surface area contributed by atoms with E-state index >= 15 is 0 Å². The topological polar surface area (TPSA) is 168 Å². The van der Waals surface area contributed by atoms with Gasteiger partial charge in [-0.05, 0) is 24.3 Å². The number of carbonyl (C=O) groups excluding carboxylic acids is 1. The summed E-state index contributed by atoms with van der Waals surface area (Å²) in [4.78, 5) is 53.4. The molecule has 1 aromatic carbocycles. The summed E-state index contributed by atoms with van der Waals surface area (Å²) < 4.78 is 29.5. The van der Waals surface area contributed by atoms with Crippen LogP contribution in [0.5, 0.6) is 0 Å². The van der Waals surface area contributed by atoms with Crippen LogP contribution < -0.4 is 27.0 Å². The highest BCUT2D eigenvalue weighted by Crippen LogP contribution is 2.36. The molecule has 1 amide bonds. The highest BCUT2D eigenvalue weighted by molar-refractivity contribution is 6.32. The average Bonchev–Trinajstić information content (AvgIpc) is 3.09. The van der Waals surface area contributed by atoms with Crippen LogP contribution in [0.3, 0.4) is 0 Å². The minimum atomic E-state index is -3.49. The molecule has 0 aliphatic carbocycles. The number of halogens is 3. The van der Waals surface area contributed by atoms with Gasteiger partial charge in [-0.15, -0.1) is 0 Å². The molecule has 14 heteroatoms. The third-order valence-corrected chi connectivity index (χ3v) is 5.52. The van der Waals surface area contributed by atoms with Crippen LogP contribution in [-0.4, -0.2) is 45.1 Å². The van der Waals surface area contributed by atoms with E-state index in [0.717, 1.165) is 17.2 Å². The van der Waals surface area contributed by atoms with E-state index in [-0.39, 0.29) is 33.2 Å². The van der Waals surface area contributed by atoms with E-state index in [4.69, 9.17) is 16.9 Å². The van der Waals surface area contributed by atoms with Gasteiger partial charge in [-0.25, -0.2) is 18.7 Å². The summed E-state index contributed by atoms with van der Waals surface area (Å²) in [7, 11) is 0. The van der Waals surface area contributed by atoms with Gasteiger partial charge in [0.1, 0.15) is 17.7 Å². The molecule has 4 N–H and O–H groups in total. The van der Waals surface area contributed by atoms with Crippen molar-refractivity contribution < 1.29 is 13.6 Å². The lowest BCUT2D eigenvalue weighted by Crippen LogP contribution is -2.36. The fourth-order valence-electron chi connectivity index (χ4n) is 3.52. The van der Waals surface area contributed by atoms with E-state index < -0.39 is 47.6 Å². The molecule has 11 nitrogen and oxygen atoms in total. The first-order valence-corrected chi connectivity index (χ1v) is 10.0. The van der Waals surface area contributed by atoms with Crippen molar-refractivity contribution in [2.45, 2.75) is 5.92 Å². The van der Waals surface area contributed by atoms with Crippen molar-refractivity contribution in [2.75, 3.05) is 23.3 Å². The lowest BCUT2D eigenvalue weighted by Gasteiger charge is -2.17. The Hall–Kier alpha value is -4.31. The molecule has 34 heavy (non-hydrogen) atoms. The number of hydrogen-bond acceptors (Lipinski definition) is 7. The maximum absolute atomic E-state index is 14.8. The summed E-state index contributed by atoms with van der Waals surface area (Å²) in [6.45, 7) is -1.44. The standard InChI is InChI=1S/C20H14ClF2N7O4/c21-13-3-10(2-1-9(13)5-24)26-17(32)12-7-30(8-20(12,22)23)15-4-14(28-29-18(15)33)11-6-25-19(34)27-16(11)31/h1-4,6,12H,7-8H2,(H,26,32)(H,29,33)(H2,25,27,31,34)/t12-/m1/s1. The van der Waals surface area contributed by atoms with Gasteiger partial charge >= 0.3 is 5.69 Å². The Morgan fingerprint density at radius 2 is 2.03 bits per heavy atom. The second kappa shape index (κ2) is 8.56. The van der Waals surface area contributed by atoms with Gasteiger partial charge in [-0.1, -0.05) is 11.6 Å². The molecule has 1 fully saturated rings. The normalized spacial score (nSPS) is 16.8. The predicted molar refractivity (Wildman–Crippen MR) is 117 cm³/mol. The third-order valence-electron chi connectivity index (χ3n) is 5.21. The van der Waals surface area contributed by atoms with Crippen LogP contribution in [0.4, 0.5) is 20.2 Å². The van der Waals surface area contributed by atoms with E-state index in [1.165, 1.54) is 18.2 Å². The van der Waals surface area contributed by atoms with Gasteiger partial charge in [0.25, 0.3) is 17.0 Å². The Balaban J connectivity index is 1.60. The molecule has 0 saturated carbocycles. The Morgan fingerprint density at radius 1 is 1.26 bits per heavy atom. The van der Waals surface area contributed by atoms with Crippen molar-refractivity contribution in [2.24, 2.45) is 5.92 Å². The van der Waals surface area contributed by atoms with Gasteiger partial charge < -0.3 is 15.2 Å². The third kappa shape index (κ3) is 4.30. The molecule has 1 aliphatic heterocycles. The molecular weight excluding hydrogens is 476 g/mol. The van der Waals surface area contributed by atoms with Gasteiger partial charge in [0.05, 0.1) is 28.4 Å². The number of aromatic nitrogens is 4. The van der Waals surface area contributed by atoms with Crippen molar-refractivity contribution in [1.82, 2.24) is 20.2 Å². The van der Waals surface area contributed by atoms with Crippen LogP contribution in [0.15, 0.2) is 44.8 Å². The molecule has 1 atom stereocenters. The van der Waals surface area contributed by atoms with E-state index in [9.17, 15) is 28.0 Å². The number of alkyl halides is 2. The quantitative estimate of drug-likeness (QED) is 0.424. The molecule has 4 rings (SSSR count). The zero-order valence-corrected chi connectivity index (χ0v) is 17.7. The van der Waals surface area contributed by atoms with Gasteiger partial charge in [0.15, 0.2) is 0 Å². The predicted octanol–water partition coefficient (Wildman–Crippen LogP) is 1.05. The Labute approximate surface area is 193 Å². The van der Waals surface area contributed by atoms with Crippen LogP contribution in [0.1, 0.15) is 5.56 Å². The number of rotatable bonds is 4. The molecule has 2 aromatic heterocycles. The van der Waals surface area contributed by atoms with Gasteiger partial charge in [0, 0.05) is 18.4 Å². The van der Waals surface area contributed by atoms with Crippen LogP contribution in [0.25, 0.3) is 11.3 Å². The maximum atomic E-state index is 14.8. The summed E-state index contributed by atoms with van der Waals surface area (Å²) >= 11 is 5.92. The minimum Gasteiger partial charge on any atom is -0.360 e. The van der Waals surface area contributed by atoms with Crippen LogP contribution in [0, 0.1) is 17.2 Å². The van der Waals surface area contributed by atoms with Crippen LogP contribution in [0.2, 0.25) is 5.02 Å². The fraction of sp³-hybridized carbons (Fsp3) is 0.200. The molecule has 1 saturated heterocycles. The van der Waals surface area contributed by atoms with E-state index in [0.29, 0.717) is 0 Å². The SMILES string of the molecule is N#Cc1ccc(NC(=O)[C@H]2CN(c3cc(-c4c[nH]c(=O)[nH]c4=O)n[nH]c3=O)CC2(F)F)cc1Cl. The summed E-state index contributed by atoms with van der Waals surface area (Å²) in [6.07, 6.45) is 1.07. The van der Waals surface area contributed by atoms with Crippen LogP contribution in [-0.2, 0) is 4.79 Å². The number of hydrogen-bond donors (Lipinski definition) is 4. The zero-order valence-electron chi connectivity index (χ0n) is 17.0. The number of carbonyl (C=O) groups is 1. The molecule has 0 radical (unpaired) electrons. The molecule has 1 aliphatic rings. The number of anilines is 2. The second-order valence-corrected chi connectivity index (χ2v) is 7.85. The number of amides is 1. The van der Waals surface area contributed by atoms with E-state index in [1.807, 2.05) is 11.1 Å². The number of nitrogens with one attached hydrogen (secondary N) is 4. The molecule has 0 spiro atoms. The summed E-state index contributed by atoms with van der Waals surface area (Å²) in [5.74, 6) is -6.31. The number of nitriles is 1. The summed E-state index contributed by atoms with van der Waals surface area (Å²) in [6, 6.07) is 6.94. The van der Waals surface area contributed by atoms with Gasteiger partial charge in [0.2, 0.25) is 5.91 Å². The second-order valence-electron chi connectivity index (χ2n) is 7.44. The minimum absolute atomic E-state index is 0.0493. The lowest BCUT2D eigenvalue weighted by molar-refractivity contribution is -0.128. The Morgan fingerprint density at radius 3 is 2.71 bits per heavy atom. The van der Waals surface area contributed by atoms with Crippen molar-refractivity contribution >= 4 is 28.9 Å². The monoisotopic (exact) mass is 489 g/mol. The smallest absolute Gasteiger partial charge is 0.325 e. The summed E-state index contributed by atoms with van der Waals surface area (Å²) in [5, 5.41) is 17.2. The molecule has 0 bridgehead atoms. The molecule has 174 valence electrons. The Bertz CT molecular complexity index is 1510. The van der Waals surface area contributed by atoms with Crippen LogP contribution >= 0.6 is 11.6 Å². The summed E-state index contributed by atoms with van der Waals surface area (Å²) in [5.41, 5.74) is -2.47. The lowest BCUT2D eigenvalue weighted by atomic mass is 10.0. The molecule has 3 aromatic rings.